The molecule has 4 aliphatic rings. The second kappa shape index (κ2) is 7.95. The fraction of sp³-hybridized carbons (Fsp3) is 0.593. The second-order valence-corrected chi connectivity index (χ2v) is 13.0. The fourth-order valence-electron chi connectivity index (χ4n) is 7.66. The lowest BCUT2D eigenvalue weighted by Gasteiger charge is -2.65. The molecule has 1 aliphatic heterocycles. The highest BCUT2D eigenvalue weighted by molar-refractivity contribution is 7.89. The first-order chi connectivity index (χ1) is 16.0. The van der Waals surface area contributed by atoms with Gasteiger partial charge in [0.15, 0.2) is 0 Å². The zero-order valence-electron chi connectivity index (χ0n) is 20.8. The van der Waals surface area contributed by atoms with Crippen molar-refractivity contribution in [2.75, 3.05) is 0 Å². The largest absolute Gasteiger partial charge is 0.462 e. The highest BCUT2D eigenvalue weighted by Crippen LogP contribution is 2.68. The van der Waals surface area contributed by atoms with Crippen LogP contribution in [0.3, 0.4) is 0 Å². The van der Waals surface area contributed by atoms with Crippen molar-refractivity contribution >= 4 is 16.0 Å². The number of esters is 1. The molecule has 1 aromatic rings. The van der Waals surface area contributed by atoms with Crippen LogP contribution in [0.15, 0.2) is 52.1 Å². The lowest BCUT2D eigenvalue weighted by Crippen LogP contribution is -2.64. The minimum Gasteiger partial charge on any atom is -0.462 e. The summed E-state index contributed by atoms with van der Waals surface area (Å²) in [5.41, 5.74) is 7.39. The average molecular weight is 485 g/mol. The third kappa shape index (κ3) is 3.46. The van der Waals surface area contributed by atoms with Crippen LogP contribution in [0.5, 0.6) is 0 Å². The summed E-state index contributed by atoms with van der Waals surface area (Å²) in [5.74, 6) is 0.543. The van der Waals surface area contributed by atoms with Crippen molar-refractivity contribution in [3.8, 4) is 0 Å². The number of carbonyl (C=O) groups excluding carboxylic acids is 1. The molecule has 0 aromatic heterocycles. The monoisotopic (exact) mass is 484 g/mol. The van der Waals surface area contributed by atoms with Crippen LogP contribution in [0.25, 0.3) is 0 Å². The number of hydrazine groups is 1. The van der Waals surface area contributed by atoms with Gasteiger partial charge in [0.2, 0.25) is 0 Å². The van der Waals surface area contributed by atoms with Crippen molar-refractivity contribution in [1.29, 1.82) is 0 Å². The Morgan fingerprint density at radius 3 is 2.44 bits per heavy atom. The number of benzene rings is 1. The van der Waals surface area contributed by atoms with Gasteiger partial charge in [-0.3, -0.25) is 4.79 Å². The maximum atomic E-state index is 13.0. The topological polar surface area (TPSA) is 84.5 Å². The van der Waals surface area contributed by atoms with Gasteiger partial charge in [-0.05, 0) is 81.4 Å². The van der Waals surface area contributed by atoms with Gasteiger partial charge in [0.05, 0.1) is 11.3 Å². The lowest BCUT2D eigenvalue weighted by molar-refractivity contribution is -0.212. The number of rotatable bonds is 4. The van der Waals surface area contributed by atoms with Crippen molar-refractivity contribution in [3.05, 3.63) is 52.7 Å². The van der Waals surface area contributed by atoms with Crippen molar-refractivity contribution in [2.45, 2.75) is 77.7 Å². The molecule has 0 spiro atoms. The van der Waals surface area contributed by atoms with E-state index in [0.29, 0.717) is 12.3 Å². The summed E-state index contributed by atoms with van der Waals surface area (Å²) in [6.45, 7) is 10.9. The van der Waals surface area contributed by atoms with Gasteiger partial charge in [-0.2, -0.15) is 0 Å². The average Bonchev–Trinajstić information content (AvgIpc) is 2.77. The van der Waals surface area contributed by atoms with Crippen molar-refractivity contribution in [2.24, 2.45) is 28.6 Å². The summed E-state index contributed by atoms with van der Waals surface area (Å²) in [4.78, 5) is 15.5. The number of aryl methyl sites for hydroxylation is 1. The smallest absolute Gasteiger partial charge is 0.306 e. The third-order valence-electron chi connectivity index (χ3n) is 9.66. The maximum Gasteiger partial charge on any atom is 0.306 e. The maximum absolute atomic E-state index is 13.0. The Bertz CT molecular complexity index is 1190. The van der Waals surface area contributed by atoms with Crippen LogP contribution in [-0.2, 0) is 19.6 Å². The van der Waals surface area contributed by atoms with Crippen LogP contribution in [0, 0.1) is 35.5 Å². The molecule has 7 heteroatoms. The van der Waals surface area contributed by atoms with E-state index in [0.717, 1.165) is 42.5 Å². The first kappa shape index (κ1) is 23.6. The molecule has 0 radical (unpaired) electrons. The number of sulfonamides is 1. The molecule has 34 heavy (non-hydrogen) atoms. The van der Waals surface area contributed by atoms with Gasteiger partial charge < -0.3 is 10.2 Å². The Kier molecular flexibility index (Phi) is 5.52. The van der Waals surface area contributed by atoms with E-state index in [1.54, 1.807) is 24.3 Å². The van der Waals surface area contributed by atoms with Crippen LogP contribution >= 0.6 is 0 Å². The van der Waals surface area contributed by atoms with Crippen molar-refractivity contribution < 1.29 is 17.9 Å². The number of carbonyl (C=O) groups is 1. The molecule has 1 heterocycles. The van der Waals surface area contributed by atoms with Gasteiger partial charge in [-0.25, -0.2) is 8.42 Å². The molecule has 5 rings (SSSR count). The molecule has 1 aromatic carbocycles. The van der Waals surface area contributed by atoms with Gasteiger partial charge in [0.25, 0.3) is 10.0 Å². The lowest BCUT2D eigenvalue weighted by atomic mass is 9.41. The van der Waals surface area contributed by atoms with E-state index in [1.807, 2.05) is 13.8 Å². The minimum absolute atomic E-state index is 0.0351. The first-order valence-corrected chi connectivity index (χ1v) is 13.9. The Hall–Kier alpha value is -2.12. The quantitative estimate of drug-likeness (QED) is 0.365. The molecule has 1 saturated carbocycles. The molecular weight excluding hydrogens is 448 g/mol. The molecule has 2 fully saturated rings. The van der Waals surface area contributed by atoms with Gasteiger partial charge in [0.1, 0.15) is 6.10 Å². The number of hydrogen-bond acceptors (Lipinski definition) is 5. The van der Waals surface area contributed by atoms with Gasteiger partial charge >= 0.3 is 5.97 Å². The van der Waals surface area contributed by atoms with E-state index in [1.165, 1.54) is 5.57 Å². The molecule has 2 N–H and O–H groups in total. The number of fused-ring (bicyclic) bond motifs is 2. The number of hydrogen-bond donors (Lipinski definition) is 2. The van der Waals surface area contributed by atoms with E-state index >= 15 is 0 Å². The van der Waals surface area contributed by atoms with Crippen LogP contribution in [0.2, 0.25) is 0 Å². The molecule has 184 valence electrons. The van der Waals surface area contributed by atoms with E-state index in [2.05, 4.69) is 37.1 Å². The summed E-state index contributed by atoms with van der Waals surface area (Å²) in [6.07, 6.45) is 6.37. The van der Waals surface area contributed by atoms with E-state index in [4.69, 9.17) is 4.74 Å². The summed E-state index contributed by atoms with van der Waals surface area (Å²) in [7, 11) is -3.72. The Balaban J connectivity index is 1.50. The van der Waals surface area contributed by atoms with Crippen LogP contribution in [-0.4, -0.2) is 20.5 Å². The number of ether oxygens (including phenoxy) is 1. The minimum atomic E-state index is -3.72. The van der Waals surface area contributed by atoms with E-state index in [-0.39, 0.29) is 39.6 Å². The predicted molar refractivity (Wildman–Crippen MR) is 131 cm³/mol. The Morgan fingerprint density at radius 2 is 1.74 bits per heavy atom. The third-order valence-corrected chi connectivity index (χ3v) is 10.9. The van der Waals surface area contributed by atoms with Gasteiger partial charge in [0, 0.05) is 17.0 Å². The molecule has 0 bridgehead atoms. The standard InChI is InChI=1S/C27H36N2O4S/c1-16-8-10-19(11-9-16)34(31,32)29-28-22-15-23-26(4)12-6-7-17(2)20(26)13-24-27(23,5)21(18(22)3)14-25(30)33-24/h7-11,20-21,23-24,28-29H,6,12-15H2,1-5H3/t20-,21-,23+,24+,26-,27-/m0/s1. The molecular formula is C27H36N2O4S. The molecule has 3 aliphatic carbocycles. The summed E-state index contributed by atoms with van der Waals surface area (Å²) in [6, 6.07) is 6.82. The summed E-state index contributed by atoms with van der Waals surface area (Å²) >= 11 is 0. The van der Waals surface area contributed by atoms with E-state index in [9.17, 15) is 13.2 Å². The fourth-order valence-corrected chi connectivity index (χ4v) is 8.53. The highest BCUT2D eigenvalue weighted by Gasteiger charge is 2.65. The Labute approximate surface area is 203 Å². The van der Waals surface area contributed by atoms with Crippen LogP contribution < -0.4 is 10.3 Å². The molecule has 0 amide bonds. The van der Waals surface area contributed by atoms with E-state index < -0.39 is 10.0 Å². The second-order valence-electron chi connectivity index (χ2n) is 11.3. The highest BCUT2D eigenvalue weighted by atomic mass is 32.2. The summed E-state index contributed by atoms with van der Waals surface area (Å²) in [5, 5.41) is 0. The number of nitrogens with one attached hydrogen (secondary N) is 2. The molecule has 0 unspecified atom stereocenters. The molecule has 1 saturated heterocycles. The number of allylic oxidation sites excluding steroid dienone is 4. The molecule has 6 atom stereocenters. The van der Waals surface area contributed by atoms with Crippen LogP contribution in [0.1, 0.15) is 65.4 Å². The van der Waals surface area contributed by atoms with Crippen molar-refractivity contribution in [3.63, 3.8) is 0 Å². The SMILES string of the molecule is CC1=CCC[C@]2(C)[C@H]3CC(NNS(=O)(=O)c4ccc(C)cc4)=C(C)[C@@H]4CC(=O)O[C@H](C[C@@H]12)[C@]34C. The van der Waals surface area contributed by atoms with Crippen LogP contribution in [0.4, 0.5) is 0 Å². The zero-order valence-corrected chi connectivity index (χ0v) is 21.6. The normalized spacial score (nSPS) is 37.3. The predicted octanol–water partition coefficient (Wildman–Crippen LogP) is 4.78. The van der Waals surface area contributed by atoms with Gasteiger partial charge in [-0.1, -0.05) is 43.2 Å². The Morgan fingerprint density at radius 1 is 1.03 bits per heavy atom. The molecule has 6 nitrogen and oxygen atoms in total. The first-order valence-electron chi connectivity index (χ1n) is 12.4. The van der Waals surface area contributed by atoms with Gasteiger partial charge in [-0.15, -0.1) is 4.83 Å². The van der Waals surface area contributed by atoms with Crippen molar-refractivity contribution in [1.82, 2.24) is 10.3 Å². The summed E-state index contributed by atoms with van der Waals surface area (Å²) < 4.78 is 31.9. The zero-order chi connectivity index (χ0) is 24.5.